The molecule has 0 spiro atoms. The number of carboxylic acid groups (broad SMARTS) is 1. The van der Waals surface area contributed by atoms with Gasteiger partial charge in [-0.3, -0.25) is 14.4 Å². The minimum absolute atomic E-state index is 0.0758. The van der Waals surface area contributed by atoms with Crippen LogP contribution in [0.15, 0.2) is 36.1 Å². The number of epoxide rings is 1. The number of hydrogen-bond donors (Lipinski definition) is 1. The Morgan fingerprint density at radius 1 is 1.27 bits per heavy atom. The summed E-state index contributed by atoms with van der Waals surface area (Å²) in [5.74, 6) is -1.38. The number of unbranched alkanes of at least 4 members (excludes halogenated alkanes) is 2. The van der Waals surface area contributed by atoms with Crippen molar-refractivity contribution >= 4 is 28.7 Å². The Balaban J connectivity index is 1.42. The molecular formula is C31H38N4O5. The van der Waals surface area contributed by atoms with Crippen LogP contribution in [-0.4, -0.2) is 63.5 Å². The lowest BCUT2D eigenvalue weighted by molar-refractivity contribution is -0.138. The first kappa shape index (κ1) is 29.2. The van der Waals surface area contributed by atoms with Crippen molar-refractivity contribution < 1.29 is 24.2 Å². The predicted octanol–water partition coefficient (Wildman–Crippen LogP) is 4.59. The molecule has 1 aliphatic heterocycles. The second-order valence-electron chi connectivity index (χ2n) is 11.4. The molecule has 0 saturated carbocycles. The molecule has 0 radical (unpaired) electrons. The van der Waals surface area contributed by atoms with Gasteiger partial charge in [-0.2, -0.15) is 5.26 Å². The Morgan fingerprint density at radius 3 is 2.67 bits per heavy atom. The van der Waals surface area contributed by atoms with E-state index in [0.29, 0.717) is 41.6 Å². The Labute approximate surface area is 235 Å². The molecule has 40 heavy (non-hydrogen) atoms. The summed E-state index contributed by atoms with van der Waals surface area (Å²) >= 11 is 0. The first-order valence-electron chi connectivity index (χ1n) is 13.9. The molecule has 1 fully saturated rings. The number of aryl methyl sites for hydroxylation is 1. The number of fused-ring (bicyclic) bond motifs is 1. The normalized spacial score (nSPS) is 20.6. The Bertz CT molecular complexity index is 1410. The van der Waals surface area contributed by atoms with E-state index in [0.717, 1.165) is 31.4 Å². The lowest BCUT2D eigenvalue weighted by atomic mass is 9.83. The number of ether oxygens (including phenoxy) is 1. The molecule has 2 aliphatic rings. The average Bonchev–Trinajstić information content (AvgIpc) is 3.66. The van der Waals surface area contributed by atoms with Crippen molar-refractivity contribution in [3.63, 3.8) is 0 Å². The monoisotopic (exact) mass is 546 g/mol. The number of nitrogens with zero attached hydrogens (tertiary/aromatic N) is 4. The molecule has 3 heterocycles. The van der Waals surface area contributed by atoms with Crippen molar-refractivity contribution in [3.05, 3.63) is 52.9 Å². The highest BCUT2D eigenvalue weighted by Gasteiger charge is 2.48. The lowest BCUT2D eigenvalue weighted by Crippen LogP contribution is -2.31. The van der Waals surface area contributed by atoms with E-state index in [-0.39, 0.29) is 42.0 Å². The van der Waals surface area contributed by atoms with Gasteiger partial charge in [0.25, 0.3) is 0 Å². The number of aromatic nitrogens is 2. The molecule has 1 saturated heterocycles. The van der Waals surface area contributed by atoms with E-state index in [1.165, 1.54) is 11.8 Å². The fraction of sp³-hybridized carbons (Fsp3) is 0.516. The van der Waals surface area contributed by atoms with E-state index in [1.54, 1.807) is 32.0 Å². The minimum Gasteiger partial charge on any atom is -0.481 e. The Kier molecular flexibility index (Phi) is 8.89. The van der Waals surface area contributed by atoms with Gasteiger partial charge in [-0.25, -0.2) is 4.98 Å². The van der Waals surface area contributed by atoms with Crippen LogP contribution in [0, 0.1) is 23.2 Å². The highest BCUT2D eigenvalue weighted by molar-refractivity contribution is 6.09. The highest BCUT2D eigenvalue weighted by Crippen LogP contribution is 2.44. The summed E-state index contributed by atoms with van der Waals surface area (Å²) in [6.45, 7) is 2.44. The molecule has 2 aromatic heterocycles. The summed E-state index contributed by atoms with van der Waals surface area (Å²) in [6, 6.07) is 3.80. The van der Waals surface area contributed by atoms with E-state index in [9.17, 15) is 19.6 Å². The number of hydrogen-bond acceptors (Lipinski definition) is 6. The SMILES string of the molecule is CC(CC(=O)O)CC(=O)c1c(CCCCCC2(C3=CC=CC(C(=O)N(C)C)C3)CO2)n(C)c2ncc(C#N)cc12. The van der Waals surface area contributed by atoms with Gasteiger partial charge in [-0.1, -0.05) is 38.0 Å². The number of Topliss-reactive ketones (excluding diaryl/α,β-unsaturated/α-hetero) is 1. The van der Waals surface area contributed by atoms with Crippen molar-refractivity contribution in [3.8, 4) is 6.07 Å². The largest absolute Gasteiger partial charge is 0.481 e. The quantitative estimate of drug-likeness (QED) is 0.221. The number of aliphatic carboxylic acids is 1. The van der Waals surface area contributed by atoms with E-state index < -0.39 is 5.97 Å². The molecule has 212 valence electrons. The van der Waals surface area contributed by atoms with Crippen molar-refractivity contribution in [1.29, 1.82) is 5.26 Å². The van der Waals surface area contributed by atoms with Gasteiger partial charge in [-0.15, -0.1) is 0 Å². The zero-order valence-corrected chi connectivity index (χ0v) is 23.8. The predicted molar refractivity (Wildman–Crippen MR) is 151 cm³/mol. The maximum absolute atomic E-state index is 13.4. The fourth-order valence-corrected chi connectivity index (χ4v) is 5.79. The van der Waals surface area contributed by atoms with Crippen LogP contribution in [0.5, 0.6) is 0 Å². The van der Waals surface area contributed by atoms with Crippen LogP contribution in [0.2, 0.25) is 0 Å². The Morgan fingerprint density at radius 2 is 2.02 bits per heavy atom. The molecule has 9 nitrogen and oxygen atoms in total. The number of ketones is 1. The first-order chi connectivity index (χ1) is 19.1. The van der Waals surface area contributed by atoms with Gasteiger partial charge in [0.05, 0.1) is 18.1 Å². The smallest absolute Gasteiger partial charge is 0.303 e. The van der Waals surface area contributed by atoms with Crippen LogP contribution in [0.3, 0.4) is 0 Å². The van der Waals surface area contributed by atoms with Gasteiger partial charge in [-0.05, 0) is 43.2 Å². The number of carbonyl (C=O) groups excluding carboxylic acids is 2. The van der Waals surface area contributed by atoms with Crippen molar-refractivity contribution in [2.24, 2.45) is 18.9 Å². The van der Waals surface area contributed by atoms with Crippen LogP contribution in [-0.2, 0) is 27.8 Å². The summed E-state index contributed by atoms with van der Waals surface area (Å²) in [5, 5.41) is 19.2. The highest BCUT2D eigenvalue weighted by atomic mass is 16.6. The third-order valence-corrected chi connectivity index (χ3v) is 8.02. The molecule has 4 rings (SSSR count). The fourth-order valence-electron chi connectivity index (χ4n) is 5.79. The number of rotatable bonds is 13. The van der Waals surface area contributed by atoms with Crippen molar-refractivity contribution in [2.75, 3.05) is 20.7 Å². The molecule has 2 aromatic rings. The van der Waals surface area contributed by atoms with Gasteiger partial charge in [0, 0.05) is 56.8 Å². The molecule has 1 aliphatic carbocycles. The summed E-state index contributed by atoms with van der Waals surface area (Å²) in [5.41, 5.74) is 3.37. The van der Waals surface area contributed by atoms with Gasteiger partial charge in [0.2, 0.25) is 5.91 Å². The van der Waals surface area contributed by atoms with E-state index in [1.807, 2.05) is 23.8 Å². The second-order valence-corrected chi connectivity index (χ2v) is 11.4. The standard InChI is InChI=1S/C31H38N4O5/c1-20(14-27(37)38)13-26(36)28-24-15-21(17-32)18-33-29(24)35(4)25(28)11-6-5-7-12-31(19-40-31)23-10-8-9-22(16-23)30(39)34(2)3/h8-10,15,18,20,22H,5-7,11-14,16,19H2,1-4H3,(H,37,38). The number of carboxylic acids is 1. The third kappa shape index (κ3) is 6.34. The maximum atomic E-state index is 13.4. The summed E-state index contributed by atoms with van der Waals surface area (Å²) in [6.07, 6.45) is 12.6. The zero-order valence-electron chi connectivity index (χ0n) is 23.8. The summed E-state index contributed by atoms with van der Waals surface area (Å²) in [7, 11) is 5.44. The van der Waals surface area contributed by atoms with Crippen LogP contribution in [0.4, 0.5) is 0 Å². The van der Waals surface area contributed by atoms with Gasteiger partial charge in [0.15, 0.2) is 5.78 Å². The molecule has 0 bridgehead atoms. The number of nitriles is 1. The molecule has 1 N–H and O–H groups in total. The third-order valence-electron chi connectivity index (χ3n) is 8.02. The van der Waals surface area contributed by atoms with Crippen molar-refractivity contribution in [1.82, 2.24) is 14.5 Å². The van der Waals surface area contributed by atoms with Gasteiger partial charge < -0.3 is 19.3 Å². The zero-order chi connectivity index (χ0) is 29.0. The molecule has 0 aromatic carbocycles. The number of amides is 1. The second kappa shape index (κ2) is 12.2. The number of pyridine rings is 1. The summed E-state index contributed by atoms with van der Waals surface area (Å²) < 4.78 is 7.86. The molecule has 3 unspecified atom stereocenters. The van der Waals surface area contributed by atoms with E-state index >= 15 is 0 Å². The molecule has 1 amide bonds. The number of allylic oxidation sites excluding steroid dienone is 2. The van der Waals surface area contributed by atoms with Crippen molar-refractivity contribution in [2.45, 2.75) is 63.9 Å². The van der Waals surface area contributed by atoms with Gasteiger partial charge in [0.1, 0.15) is 17.3 Å². The molecule has 3 atom stereocenters. The first-order valence-corrected chi connectivity index (χ1v) is 13.9. The molecule has 9 heteroatoms. The molecular weight excluding hydrogens is 508 g/mol. The van der Waals surface area contributed by atoms with E-state index in [2.05, 4.69) is 17.1 Å². The maximum Gasteiger partial charge on any atom is 0.303 e. The van der Waals surface area contributed by atoms with Crippen LogP contribution >= 0.6 is 0 Å². The minimum atomic E-state index is -0.927. The average molecular weight is 547 g/mol. The van der Waals surface area contributed by atoms with E-state index in [4.69, 9.17) is 9.84 Å². The lowest BCUT2D eigenvalue weighted by Gasteiger charge is -2.24. The topological polar surface area (TPSA) is 129 Å². The van der Waals surface area contributed by atoms with Crippen LogP contribution in [0.25, 0.3) is 11.0 Å². The van der Waals surface area contributed by atoms with Crippen LogP contribution in [0.1, 0.15) is 73.5 Å². The summed E-state index contributed by atoms with van der Waals surface area (Å²) in [4.78, 5) is 43.1. The number of carbonyl (C=O) groups is 3. The van der Waals surface area contributed by atoms with Gasteiger partial charge >= 0.3 is 5.97 Å². The van der Waals surface area contributed by atoms with Crippen LogP contribution < -0.4 is 0 Å². The Hall–Kier alpha value is -3.77.